The number of nitrogens with one attached hydrogen (secondary N) is 1. The Balaban J connectivity index is 1.86. The monoisotopic (exact) mass is 544 g/mol. The summed E-state index contributed by atoms with van der Waals surface area (Å²) in [6, 6.07) is 7.12. The van der Waals surface area contributed by atoms with Crippen LogP contribution in [0, 0.1) is 13.8 Å². The van der Waals surface area contributed by atoms with Crippen LogP contribution in [0.25, 0.3) is 17.1 Å². The third-order valence-corrected chi connectivity index (χ3v) is 8.42. The molecule has 11 nitrogen and oxygen atoms in total. The number of thiazole rings is 1. The maximum Gasteiger partial charge on any atom is 0.243 e. The minimum absolute atomic E-state index is 0.0451. The smallest absolute Gasteiger partial charge is 0.243 e. The van der Waals surface area contributed by atoms with Gasteiger partial charge < -0.3 is 14.2 Å². The Bertz CT molecular complexity index is 1480. The number of rotatable bonds is 10. The molecule has 2 atom stereocenters. The molecular weight excluding hydrogens is 516 g/mol. The van der Waals surface area contributed by atoms with E-state index in [1.54, 1.807) is 42.1 Å². The number of methoxy groups -OCH3 is 3. The molecule has 0 aliphatic rings. The average molecular weight is 545 g/mol. The SMILES string of the molecule is COc1cccc(OC)c1-n1c(NS(=O)(=O)[C@@H](C)[C@H](OC)c2nc(C)cs2)nnc1-c1cncc(C)c1. The Morgan fingerprint density at radius 3 is 2.32 bits per heavy atom. The van der Waals surface area contributed by atoms with E-state index >= 15 is 0 Å². The third kappa shape index (κ3) is 5.29. The number of nitrogens with zero attached hydrogens (tertiary/aromatic N) is 5. The van der Waals surface area contributed by atoms with Crippen molar-refractivity contribution in [3.63, 3.8) is 0 Å². The van der Waals surface area contributed by atoms with Gasteiger partial charge in [0.2, 0.25) is 16.0 Å². The molecule has 0 radical (unpaired) electrons. The van der Waals surface area contributed by atoms with Crippen LogP contribution in [0.1, 0.15) is 29.3 Å². The molecule has 4 rings (SSSR count). The van der Waals surface area contributed by atoms with E-state index in [9.17, 15) is 8.42 Å². The van der Waals surface area contributed by atoms with Crippen molar-refractivity contribution >= 4 is 27.3 Å². The zero-order valence-corrected chi connectivity index (χ0v) is 22.9. The first-order chi connectivity index (χ1) is 17.7. The van der Waals surface area contributed by atoms with E-state index in [2.05, 4.69) is 24.9 Å². The standard InChI is InChI=1S/C24H28N6O5S2/c1-14-10-17(12-25-11-14)22-27-28-24(30(22)20-18(33-4)8-7-9-19(20)34-5)29-37(31,32)16(3)21(35-6)23-26-15(2)13-36-23/h7-13,16,21H,1-6H3,(H,28,29)/t16-,21-/m0/s1. The molecule has 3 aromatic heterocycles. The topological polar surface area (TPSA) is 130 Å². The molecule has 1 aromatic carbocycles. The van der Waals surface area contributed by atoms with Crippen molar-refractivity contribution in [3.05, 3.63) is 58.3 Å². The lowest BCUT2D eigenvalue weighted by atomic mass is 10.2. The van der Waals surface area contributed by atoms with E-state index in [4.69, 9.17) is 14.2 Å². The number of anilines is 1. The second-order valence-electron chi connectivity index (χ2n) is 8.28. The van der Waals surface area contributed by atoms with Crippen LogP contribution >= 0.6 is 11.3 Å². The van der Waals surface area contributed by atoms with Crippen LogP contribution < -0.4 is 14.2 Å². The summed E-state index contributed by atoms with van der Waals surface area (Å²) in [5.74, 6) is 1.17. The fraction of sp³-hybridized carbons (Fsp3) is 0.333. The zero-order chi connectivity index (χ0) is 26.7. The molecule has 0 fully saturated rings. The normalized spacial score (nSPS) is 13.2. The Labute approximate surface area is 219 Å². The summed E-state index contributed by atoms with van der Waals surface area (Å²) in [6.45, 7) is 5.30. The van der Waals surface area contributed by atoms with Gasteiger partial charge in [-0.05, 0) is 44.5 Å². The number of pyridine rings is 1. The van der Waals surface area contributed by atoms with E-state index in [1.165, 1.54) is 32.7 Å². The maximum atomic E-state index is 13.6. The van der Waals surface area contributed by atoms with Crippen LogP contribution in [-0.4, -0.2) is 59.7 Å². The molecule has 0 spiro atoms. The van der Waals surface area contributed by atoms with Gasteiger partial charge >= 0.3 is 0 Å². The molecule has 0 saturated carbocycles. The average Bonchev–Trinajstić information content (AvgIpc) is 3.49. The lowest BCUT2D eigenvalue weighted by Gasteiger charge is -2.22. The Hall–Kier alpha value is -3.55. The minimum Gasteiger partial charge on any atom is -0.494 e. The fourth-order valence-corrected chi connectivity index (χ4v) is 6.06. The van der Waals surface area contributed by atoms with E-state index in [1.807, 2.05) is 25.3 Å². The number of hydrogen-bond acceptors (Lipinski definition) is 10. The molecule has 0 unspecified atom stereocenters. The van der Waals surface area contributed by atoms with Crippen LogP contribution in [0.4, 0.5) is 5.95 Å². The summed E-state index contributed by atoms with van der Waals surface area (Å²) in [4.78, 5) is 8.67. The maximum absolute atomic E-state index is 13.6. The number of aryl methyl sites for hydroxylation is 2. The van der Waals surface area contributed by atoms with Crippen molar-refractivity contribution in [2.45, 2.75) is 32.1 Å². The highest BCUT2D eigenvalue weighted by Crippen LogP contribution is 2.38. The van der Waals surface area contributed by atoms with Gasteiger partial charge in [0.05, 0.1) is 14.2 Å². The third-order valence-electron chi connectivity index (χ3n) is 5.71. The van der Waals surface area contributed by atoms with Crippen molar-refractivity contribution in [1.82, 2.24) is 24.7 Å². The number of benzene rings is 1. The van der Waals surface area contributed by atoms with Gasteiger partial charge in [-0.2, -0.15) is 0 Å². The number of para-hydroxylation sites is 1. The molecule has 13 heteroatoms. The van der Waals surface area contributed by atoms with Gasteiger partial charge in [-0.15, -0.1) is 21.5 Å². The molecular formula is C24H28N6O5S2. The van der Waals surface area contributed by atoms with Gasteiger partial charge in [-0.3, -0.25) is 14.3 Å². The largest absolute Gasteiger partial charge is 0.494 e. The summed E-state index contributed by atoms with van der Waals surface area (Å²) in [5, 5.41) is 9.94. The van der Waals surface area contributed by atoms with Gasteiger partial charge in [0.25, 0.3) is 0 Å². The molecule has 0 amide bonds. The summed E-state index contributed by atoms with van der Waals surface area (Å²) < 4.78 is 48.1. The van der Waals surface area contributed by atoms with E-state index in [0.717, 1.165) is 11.3 Å². The first-order valence-electron chi connectivity index (χ1n) is 11.3. The lowest BCUT2D eigenvalue weighted by molar-refractivity contribution is 0.102. The molecule has 0 aliphatic carbocycles. The Kier molecular flexibility index (Phi) is 7.76. The molecule has 3 heterocycles. The van der Waals surface area contributed by atoms with E-state index in [-0.39, 0.29) is 5.95 Å². The second kappa shape index (κ2) is 10.8. The molecule has 196 valence electrons. The second-order valence-corrected chi connectivity index (χ2v) is 11.2. The predicted molar refractivity (Wildman–Crippen MR) is 141 cm³/mol. The zero-order valence-electron chi connectivity index (χ0n) is 21.3. The van der Waals surface area contributed by atoms with Gasteiger partial charge in [0.15, 0.2) is 5.82 Å². The molecule has 1 N–H and O–H groups in total. The van der Waals surface area contributed by atoms with E-state index < -0.39 is 21.4 Å². The quantitative estimate of drug-likeness (QED) is 0.315. The molecule has 0 aliphatic heterocycles. The molecule has 0 bridgehead atoms. The van der Waals surface area contributed by atoms with Crippen LogP contribution in [0.3, 0.4) is 0 Å². The Morgan fingerprint density at radius 2 is 1.76 bits per heavy atom. The molecule has 37 heavy (non-hydrogen) atoms. The number of hydrogen-bond donors (Lipinski definition) is 1. The lowest BCUT2D eigenvalue weighted by Crippen LogP contribution is -2.32. The molecule has 4 aromatic rings. The van der Waals surface area contributed by atoms with E-state index in [0.29, 0.717) is 33.6 Å². The van der Waals surface area contributed by atoms with Crippen molar-refractivity contribution in [3.8, 4) is 28.6 Å². The number of sulfonamides is 1. The molecule has 0 saturated heterocycles. The van der Waals surface area contributed by atoms with Crippen molar-refractivity contribution < 1.29 is 22.6 Å². The van der Waals surface area contributed by atoms with Crippen LogP contribution in [-0.2, 0) is 14.8 Å². The Morgan fingerprint density at radius 1 is 1.05 bits per heavy atom. The highest BCUT2D eigenvalue weighted by Gasteiger charge is 2.35. The first kappa shape index (κ1) is 26.5. The van der Waals surface area contributed by atoms with Crippen LogP contribution in [0.2, 0.25) is 0 Å². The fourth-order valence-electron chi connectivity index (χ4n) is 3.86. The van der Waals surface area contributed by atoms with Gasteiger partial charge in [-0.1, -0.05) is 6.07 Å². The van der Waals surface area contributed by atoms with Crippen LogP contribution in [0.5, 0.6) is 11.5 Å². The minimum atomic E-state index is -4.04. The number of ether oxygens (including phenoxy) is 3. The van der Waals surface area contributed by atoms with Crippen molar-refractivity contribution in [2.24, 2.45) is 0 Å². The summed E-state index contributed by atoms with van der Waals surface area (Å²) >= 11 is 1.34. The number of aromatic nitrogens is 5. The van der Waals surface area contributed by atoms with Crippen molar-refractivity contribution in [2.75, 3.05) is 26.1 Å². The predicted octanol–water partition coefficient (Wildman–Crippen LogP) is 3.94. The van der Waals surface area contributed by atoms with Gasteiger partial charge in [-0.25, -0.2) is 13.4 Å². The highest BCUT2D eigenvalue weighted by atomic mass is 32.2. The summed E-state index contributed by atoms with van der Waals surface area (Å²) in [6.07, 6.45) is 2.56. The van der Waals surface area contributed by atoms with Crippen molar-refractivity contribution in [1.29, 1.82) is 0 Å². The summed E-state index contributed by atoms with van der Waals surface area (Å²) in [7, 11) is 0.449. The van der Waals surface area contributed by atoms with Gasteiger partial charge in [0.1, 0.15) is 33.5 Å². The van der Waals surface area contributed by atoms with Crippen LogP contribution in [0.15, 0.2) is 42.0 Å². The first-order valence-corrected chi connectivity index (χ1v) is 13.7. The summed E-state index contributed by atoms with van der Waals surface area (Å²) in [5.41, 5.74) is 2.75. The highest BCUT2D eigenvalue weighted by molar-refractivity contribution is 7.93. The van der Waals surface area contributed by atoms with Gasteiger partial charge in [0, 0.05) is 36.1 Å².